The highest BCUT2D eigenvalue weighted by atomic mass is 35.5. The Bertz CT molecular complexity index is 770. The summed E-state index contributed by atoms with van der Waals surface area (Å²) in [4.78, 5) is 15.4. The fourth-order valence-electron chi connectivity index (χ4n) is 2.08. The second kappa shape index (κ2) is 7.64. The van der Waals surface area contributed by atoms with E-state index in [2.05, 4.69) is 10.3 Å². The van der Waals surface area contributed by atoms with Crippen LogP contribution in [0.15, 0.2) is 60.8 Å². The van der Waals surface area contributed by atoms with Crippen LogP contribution in [0.4, 0.5) is 11.4 Å². The van der Waals surface area contributed by atoms with Gasteiger partial charge in [0.05, 0.1) is 5.52 Å². The van der Waals surface area contributed by atoms with Crippen LogP contribution in [0, 0.1) is 0 Å². The van der Waals surface area contributed by atoms with Crippen LogP contribution in [0.25, 0.3) is 10.9 Å². The average molecular weight is 336 g/mol. The summed E-state index contributed by atoms with van der Waals surface area (Å²) >= 11 is 0. The van der Waals surface area contributed by atoms with Gasteiger partial charge in [0.15, 0.2) is 0 Å². The monoisotopic (exact) mass is 335 g/mol. The van der Waals surface area contributed by atoms with Crippen molar-refractivity contribution in [3.8, 4) is 0 Å². The molecule has 0 spiro atoms. The van der Waals surface area contributed by atoms with Gasteiger partial charge in [-0.2, -0.15) is 0 Å². The molecule has 3 N–H and O–H groups in total. The standard InChI is InChI=1S/C16H13N3O.2ClH/c17-16(20)11-5-7-12(8-6-11)19-15-9-10-18-14-4-2-1-3-13(14)15;;/h1-10H,(H2,17,20)(H,18,19);2*1H. The molecule has 6 heteroatoms. The first kappa shape index (κ1) is 17.8. The van der Waals surface area contributed by atoms with E-state index in [0.717, 1.165) is 22.3 Å². The summed E-state index contributed by atoms with van der Waals surface area (Å²) in [5, 5.41) is 4.37. The second-order valence-electron chi connectivity index (χ2n) is 4.44. The number of rotatable bonds is 3. The number of nitrogens with one attached hydrogen (secondary N) is 1. The number of nitrogens with zero attached hydrogens (tertiary/aromatic N) is 1. The van der Waals surface area contributed by atoms with E-state index in [1.54, 1.807) is 18.3 Å². The van der Waals surface area contributed by atoms with Crippen LogP contribution in [0.2, 0.25) is 0 Å². The lowest BCUT2D eigenvalue weighted by Gasteiger charge is -2.09. The third-order valence-corrected chi connectivity index (χ3v) is 3.10. The van der Waals surface area contributed by atoms with Crippen LogP contribution in [0.1, 0.15) is 10.4 Å². The summed E-state index contributed by atoms with van der Waals surface area (Å²) in [6.45, 7) is 0. The highest BCUT2D eigenvalue weighted by Gasteiger charge is 2.03. The largest absolute Gasteiger partial charge is 0.366 e. The van der Waals surface area contributed by atoms with Crippen molar-refractivity contribution in [1.29, 1.82) is 0 Å². The van der Waals surface area contributed by atoms with E-state index in [1.165, 1.54) is 0 Å². The van der Waals surface area contributed by atoms with Crippen LogP contribution in [-0.4, -0.2) is 10.9 Å². The summed E-state index contributed by atoms with van der Waals surface area (Å²) in [6.07, 6.45) is 1.77. The van der Waals surface area contributed by atoms with Gasteiger partial charge in [-0.1, -0.05) is 18.2 Å². The number of hydrogen-bond acceptors (Lipinski definition) is 3. The van der Waals surface area contributed by atoms with Crippen LogP contribution in [0.5, 0.6) is 0 Å². The molecule has 114 valence electrons. The van der Waals surface area contributed by atoms with Crippen molar-refractivity contribution in [1.82, 2.24) is 4.98 Å². The summed E-state index contributed by atoms with van der Waals surface area (Å²) in [6, 6.07) is 16.9. The zero-order chi connectivity index (χ0) is 13.9. The summed E-state index contributed by atoms with van der Waals surface area (Å²) in [5.74, 6) is -0.425. The maximum atomic E-state index is 11.0. The van der Waals surface area contributed by atoms with Gasteiger partial charge < -0.3 is 11.1 Å². The lowest BCUT2D eigenvalue weighted by Crippen LogP contribution is -2.10. The molecule has 2 aromatic carbocycles. The van der Waals surface area contributed by atoms with Crippen molar-refractivity contribution in [2.45, 2.75) is 0 Å². The lowest BCUT2D eigenvalue weighted by molar-refractivity contribution is 0.100. The molecule has 0 aliphatic carbocycles. The zero-order valence-corrected chi connectivity index (χ0v) is 13.2. The number of pyridine rings is 1. The molecule has 0 atom stereocenters. The van der Waals surface area contributed by atoms with Crippen molar-refractivity contribution < 1.29 is 4.79 Å². The number of para-hydroxylation sites is 1. The Balaban J connectivity index is 0.00000121. The van der Waals surface area contributed by atoms with Gasteiger partial charge in [0, 0.05) is 28.5 Å². The van der Waals surface area contributed by atoms with Crippen molar-refractivity contribution in [2.75, 3.05) is 5.32 Å². The lowest BCUT2D eigenvalue weighted by atomic mass is 10.1. The molecule has 1 amide bonds. The number of carbonyl (C=O) groups excluding carboxylic acids is 1. The molecule has 0 fully saturated rings. The number of benzene rings is 2. The third kappa shape index (κ3) is 3.67. The van der Waals surface area contributed by atoms with E-state index in [-0.39, 0.29) is 24.8 Å². The number of halogens is 2. The normalized spacial score (nSPS) is 9.45. The first-order valence-corrected chi connectivity index (χ1v) is 6.25. The van der Waals surface area contributed by atoms with Crippen molar-refractivity contribution >= 4 is 53.0 Å². The van der Waals surface area contributed by atoms with Crippen LogP contribution >= 0.6 is 24.8 Å². The van der Waals surface area contributed by atoms with E-state index < -0.39 is 5.91 Å². The van der Waals surface area contributed by atoms with Crippen LogP contribution in [0.3, 0.4) is 0 Å². The molecule has 1 heterocycles. The van der Waals surface area contributed by atoms with Crippen molar-refractivity contribution in [3.05, 3.63) is 66.4 Å². The van der Waals surface area contributed by atoms with Crippen LogP contribution in [-0.2, 0) is 0 Å². The van der Waals surface area contributed by atoms with Gasteiger partial charge in [-0.15, -0.1) is 24.8 Å². The Kier molecular flexibility index (Phi) is 6.16. The van der Waals surface area contributed by atoms with E-state index in [1.807, 2.05) is 42.5 Å². The quantitative estimate of drug-likeness (QED) is 0.762. The minimum absolute atomic E-state index is 0. The molecule has 0 aliphatic heterocycles. The molecule has 0 saturated carbocycles. The Morgan fingerprint density at radius 1 is 0.955 bits per heavy atom. The van der Waals surface area contributed by atoms with E-state index in [4.69, 9.17) is 5.73 Å². The van der Waals surface area contributed by atoms with E-state index in [9.17, 15) is 4.79 Å². The maximum Gasteiger partial charge on any atom is 0.248 e. The summed E-state index contributed by atoms with van der Waals surface area (Å²) in [5.41, 5.74) is 8.52. The van der Waals surface area contributed by atoms with Crippen LogP contribution < -0.4 is 11.1 Å². The maximum absolute atomic E-state index is 11.0. The molecular weight excluding hydrogens is 321 g/mol. The number of nitrogens with two attached hydrogens (primary N) is 1. The predicted octanol–water partition coefficient (Wildman–Crippen LogP) is 3.92. The highest BCUT2D eigenvalue weighted by Crippen LogP contribution is 2.24. The van der Waals surface area contributed by atoms with E-state index in [0.29, 0.717) is 5.56 Å². The van der Waals surface area contributed by atoms with Gasteiger partial charge in [0.25, 0.3) is 0 Å². The first-order chi connectivity index (χ1) is 9.74. The molecular formula is C16H15Cl2N3O. The molecule has 0 aliphatic rings. The fourth-order valence-corrected chi connectivity index (χ4v) is 2.08. The Morgan fingerprint density at radius 2 is 1.64 bits per heavy atom. The SMILES string of the molecule is Cl.Cl.NC(=O)c1ccc(Nc2ccnc3ccccc23)cc1. The van der Waals surface area contributed by atoms with Gasteiger partial charge >= 0.3 is 0 Å². The van der Waals surface area contributed by atoms with Gasteiger partial charge in [0.2, 0.25) is 5.91 Å². The summed E-state index contributed by atoms with van der Waals surface area (Å²) < 4.78 is 0. The average Bonchev–Trinajstić information content (AvgIpc) is 2.48. The van der Waals surface area contributed by atoms with Crippen molar-refractivity contribution in [3.63, 3.8) is 0 Å². The molecule has 22 heavy (non-hydrogen) atoms. The topological polar surface area (TPSA) is 68.0 Å². The number of aromatic nitrogens is 1. The second-order valence-corrected chi connectivity index (χ2v) is 4.44. The number of anilines is 2. The van der Waals surface area contributed by atoms with Gasteiger partial charge in [-0.25, -0.2) is 0 Å². The fraction of sp³-hybridized carbons (Fsp3) is 0. The minimum Gasteiger partial charge on any atom is -0.366 e. The molecule has 0 saturated heterocycles. The molecule has 0 unspecified atom stereocenters. The number of fused-ring (bicyclic) bond motifs is 1. The number of primary amides is 1. The molecule has 0 bridgehead atoms. The van der Waals surface area contributed by atoms with Gasteiger partial charge in [0.1, 0.15) is 0 Å². The van der Waals surface area contributed by atoms with E-state index >= 15 is 0 Å². The zero-order valence-electron chi connectivity index (χ0n) is 11.5. The van der Waals surface area contributed by atoms with Gasteiger partial charge in [-0.05, 0) is 36.4 Å². The Hall–Kier alpha value is -2.30. The highest BCUT2D eigenvalue weighted by molar-refractivity contribution is 5.94. The Morgan fingerprint density at radius 3 is 2.32 bits per heavy atom. The predicted molar refractivity (Wildman–Crippen MR) is 94.5 cm³/mol. The Labute approximate surface area is 140 Å². The molecule has 3 aromatic rings. The molecule has 4 nitrogen and oxygen atoms in total. The minimum atomic E-state index is -0.425. The molecule has 0 radical (unpaired) electrons. The summed E-state index contributed by atoms with van der Waals surface area (Å²) in [7, 11) is 0. The number of amides is 1. The number of carbonyl (C=O) groups is 1. The first-order valence-electron chi connectivity index (χ1n) is 6.25. The molecule has 1 aromatic heterocycles. The number of hydrogen-bond donors (Lipinski definition) is 2. The third-order valence-electron chi connectivity index (χ3n) is 3.10. The van der Waals surface area contributed by atoms with Crippen molar-refractivity contribution in [2.24, 2.45) is 5.73 Å². The molecule has 3 rings (SSSR count). The smallest absolute Gasteiger partial charge is 0.248 e. The van der Waals surface area contributed by atoms with Gasteiger partial charge in [-0.3, -0.25) is 9.78 Å².